The highest BCUT2D eigenvalue weighted by Gasteiger charge is 2.30. The molecule has 1 fully saturated rings. The van der Waals surface area contributed by atoms with Gasteiger partial charge in [-0.1, -0.05) is 12.1 Å². The number of methoxy groups -OCH3 is 1. The van der Waals surface area contributed by atoms with Crippen LogP contribution in [0.4, 0.5) is 5.69 Å². The van der Waals surface area contributed by atoms with Gasteiger partial charge in [0, 0.05) is 24.2 Å². The Morgan fingerprint density at radius 2 is 1.85 bits per heavy atom. The van der Waals surface area contributed by atoms with Gasteiger partial charge in [0.15, 0.2) is 5.82 Å². The molecule has 0 unspecified atom stereocenters. The van der Waals surface area contributed by atoms with E-state index in [4.69, 9.17) is 9.47 Å². The average Bonchev–Trinajstić information content (AvgIpc) is 2.84. The van der Waals surface area contributed by atoms with Crippen molar-refractivity contribution < 1.29 is 27.8 Å². The van der Waals surface area contributed by atoms with Crippen LogP contribution in [0.15, 0.2) is 59.8 Å². The average molecular weight is 471 g/mol. The zero-order chi connectivity index (χ0) is 23.4. The van der Waals surface area contributed by atoms with Gasteiger partial charge in [0.05, 0.1) is 38.4 Å². The lowest BCUT2D eigenvalue weighted by Gasteiger charge is -2.26. The van der Waals surface area contributed by atoms with Crippen molar-refractivity contribution in [3.05, 3.63) is 60.4 Å². The van der Waals surface area contributed by atoms with E-state index < -0.39 is 15.9 Å². The summed E-state index contributed by atoms with van der Waals surface area (Å²) in [6, 6.07) is 10.7. The van der Waals surface area contributed by atoms with Crippen LogP contribution in [0.25, 0.3) is 11.4 Å². The van der Waals surface area contributed by atoms with Crippen molar-refractivity contribution in [1.82, 2.24) is 14.3 Å². The third kappa shape index (κ3) is 4.95. The smallest absolute Gasteiger partial charge is 0.255 e. The van der Waals surface area contributed by atoms with Gasteiger partial charge in [-0.25, -0.2) is 18.4 Å². The number of anilines is 1. The van der Waals surface area contributed by atoms with E-state index in [0.717, 1.165) is 0 Å². The monoisotopic (exact) mass is 470 g/mol. The molecule has 1 aromatic heterocycles. The molecular formula is C22H22N4O6S. The third-order valence-corrected chi connectivity index (χ3v) is 6.95. The summed E-state index contributed by atoms with van der Waals surface area (Å²) in [5.41, 5.74) is 1.10. The number of carbonyl (C=O) groups is 1. The summed E-state index contributed by atoms with van der Waals surface area (Å²) in [5, 5.41) is 12.3. The van der Waals surface area contributed by atoms with Crippen molar-refractivity contribution in [2.24, 2.45) is 0 Å². The van der Waals surface area contributed by atoms with Gasteiger partial charge in [0.2, 0.25) is 10.0 Å². The molecular weight excluding hydrogens is 448 g/mol. The van der Waals surface area contributed by atoms with Crippen LogP contribution in [0.5, 0.6) is 11.5 Å². The lowest BCUT2D eigenvalue weighted by molar-refractivity contribution is 0.0729. The molecule has 1 amide bonds. The lowest BCUT2D eigenvalue weighted by Crippen LogP contribution is -2.40. The van der Waals surface area contributed by atoms with E-state index in [0.29, 0.717) is 30.3 Å². The minimum absolute atomic E-state index is 0.0879. The fraction of sp³-hybridized carbons (Fsp3) is 0.227. The number of hydrogen-bond acceptors (Lipinski definition) is 8. The first-order valence-electron chi connectivity index (χ1n) is 10.1. The molecule has 10 nitrogen and oxygen atoms in total. The van der Waals surface area contributed by atoms with Gasteiger partial charge in [-0.2, -0.15) is 4.31 Å². The first-order chi connectivity index (χ1) is 15.9. The second-order valence-electron chi connectivity index (χ2n) is 7.18. The summed E-state index contributed by atoms with van der Waals surface area (Å²) in [4.78, 5) is 21.1. The number of phenols is 1. The van der Waals surface area contributed by atoms with Crippen LogP contribution in [0.3, 0.4) is 0 Å². The minimum atomic E-state index is -3.87. The fourth-order valence-corrected chi connectivity index (χ4v) is 4.92. The van der Waals surface area contributed by atoms with Crippen molar-refractivity contribution in [1.29, 1.82) is 0 Å². The van der Waals surface area contributed by atoms with E-state index in [9.17, 15) is 18.3 Å². The fourth-order valence-electron chi connectivity index (χ4n) is 3.34. The number of nitrogens with zero attached hydrogens (tertiary/aromatic N) is 3. The summed E-state index contributed by atoms with van der Waals surface area (Å²) >= 11 is 0. The van der Waals surface area contributed by atoms with Gasteiger partial charge in [0.25, 0.3) is 5.91 Å². The Bertz CT molecular complexity index is 1260. The Morgan fingerprint density at radius 1 is 1.12 bits per heavy atom. The standard InChI is InChI=1S/C22H22N4O6S/c1-31-19-6-5-16(12-20(19)33(29,30)26-7-9-32-10-8-26)22(28)25-17-13-23-21(24-14-17)15-3-2-4-18(27)11-15/h2-6,11-14,27H,7-10H2,1H3,(H,25,28). The Labute approximate surface area is 190 Å². The van der Waals surface area contributed by atoms with E-state index in [2.05, 4.69) is 15.3 Å². The number of benzene rings is 2. The van der Waals surface area contributed by atoms with Crippen LogP contribution in [-0.2, 0) is 14.8 Å². The van der Waals surface area contributed by atoms with Gasteiger partial charge in [-0.05, 0) is 30.3 Å². The van der Waals surface area contributed by atoms with Gasteiger partial charge in [-0.15, -0.1) is 0 Å². The number of amides is 1. The number of aromatic hydroxyl groups is 1. The number of morpholine rings is 1. The molecule has 0 saturated carbocycles. The molecule has 2 N–H and O–H groups in total. The Hall–Kier alpha value is -3.54. The number of phenolic OH excluding ortho intramolecular Hbond substituents is 1. The first-order valence-corrected chi connectivity index (χ1v) is 11.5. The Morgan fingerprint density at radius 3 is 2.52 bits per heavy atom. The highest BCUT2D eigenvalue weighted by atomic mass is 32.2. The minimum Gasteiger partial charge on any atom is -0.508 e. The van der Waals surface area contributed by atoms with Crippen LogP contribution >= 0.6 is 0 Å². The topological polar surface area (TPSA) is 131 Å². The summed E-state index contributed by atoms with van der Waals surface area (Å²) in [6.07, 6.45) is 2.86. The first kappa shape index (κ1) is 22.6. The molecule has 3 aromatic rings. The van der Waals surface area contributed by atoms with Crippen molar-refractivity contribution >= 4 is 21.6 Å². The maximum atomic E-state index is 13.1. The van der Waals surface area contributed by atoms with Crippen molar-refractivity contribution in [2.45, 2.75) is 4.90 Å². The van der Waals surface area contributed by atoms with E-state index in [-0.39, 0.29) is 35.0 Å². The van der Waals surface area contributed by atoms with E-state index in [1.165, 1.54) is 48.1 Å². The van der Waals surface area contributed by atoms with Gasteiger partial charge >= 0.3 is 0 Å². The number of rotatable bonds is 6. The third-order valence-electron chi connectivity index (χ3n) is 5.03. The van der Waals surface area contributed by atoms with Gasteiger partial charge in [-0.3, -0.25) is 4.79 Å². The highest BCUT2D eigenvalue weighted by molar-refractivity contribution is 7.89. The molecule has 0 atom stereocenters. The van der Waals surface area contributed by atoms with Crippen LogP contribution in [0.2, 0.25) is 0 Å². The molecule has 2 heterocycles. The van der Waals surface area contributed by atoms with Crippen molar-refractivity contribution in [2.75, 3.05) is 38.7 Å². The molecule has 172 valence electrons. The quantitative estimate of drug-likeness (QED) is 0.560. The molecule has 11 heteroatoms. The normalized spacial score (nSPS) is 14.6. The molecule has 1 aliphatic rings. The predicted molar refractivity (Wildman–Crippen MR) is 120 cm³/mol. The number of aromatic nitrogens is 2. The van der Waals surface area contributed by atoms with E-state index in [1.54, 1.807) is 18.2 Å². The second kappa shape index (κ2) is 9.53. The largest absolute Gasteiger partial charge is 0.508 e. The van der Waals surface area contributed by atoms with Crippen molar-refractivity contribution in [3.8, 4) is 22.9 Å². The van der Waals surface area contributed by atoms with E-state index in [1.807, 2.05) is 0 Å². The molecule has 33 heavy (non-hydrogen) atoms. The highest BCUT2D eigenvalue weighted by Crippen LogP contribution is 2.29. The SMILES string of the molecule is COc1ccc(C(=O)Nc2cnc(-c3cccc(O)c3)nc2)cc1S(=O)(=O)N1CCOCC1. The van der Waals surface area contributed by atoms with Crippen LogP contribution in [0, 0.1) is 0 Å². The summed E-state index contributed by atoms with van der Waals surface area (Å²) in [5.74, 6) is 0.102. The van der Waals surface area contributed by atoms with Crippen LogP contribution in [-0.4, -0.2) is 67.1 Å². The van der Waals surface area contributed by atoms with E-state index >= 15 is 0 Å². The zero-order valence-electron chi connectivity index (χ0n) is 17.8. The molecule has 0 aliphatic carbocycles. The zero-order valence-corrected chi connectivity index (χ0v) is 18.6. The van der Waals surface area contributed by atoms with Gasteiger partial charge in [0.1, 0.15) is 16.4 Å². The predicted octanol–water partition coefficient (Wildman–Crippen LogP) is 2.13. The van der Waals surface area contributed by atoms with Gasteiger partial charge < -0.3 is 19.9 Å². The summed E-state index contributed by atoms with van der Waals surface area (Å²) in [7, 11) is -2.50. The van der Waals surface area contributed by atoms with Crippen LogP contribution in [0.1, 0.15) is 10.4 Å². The molecule has 2 aromatic carbocycles. The molecule has 0 bridgehead atoms. The Balaban J connectivity index is 1.55. The number of nitrogens with one attached hydrogen (secondary N) is 1. The maximum absolute atomic E-state index is 13.1. The molecule has 1 saturated heterocycles. The van der Waals surface area contributed by atoms with Crippen molar-refractivity contribution in [3.63, 3.8) is 0 Å². The number of carbonyl (C=O) groups excluding carboxylic acids is 1. The lowest BCUT2D eigenvalue weighted by atomic mass is 10.2. The maximum Gasteiger partial charge on any atom is 0.255 e. The molecule has 0 radical (unpaired) electrons. The number of ether oxygens (including phenoxy) is 2. The summed E-state index contributed by atoms with van der Waals surface area (Å²) < 4.78 is 38.0. The molecule has 4 rings (SSSR count). The number of hydrogen-bond donors (Lipinski definition) is 2. The molecule has 0 spiro atoms. The summed E-state index contributed by atoms with van der Waals surface area (Å²) in [6.45, 7) is 1.07. The second-order valence-corrected chi connectivity index (χ2v) is 9.09. The molecule has 1 aliphatic heterocycles. The number of sulfonamides is 1. The Kier molecular flexibility index (Phi) is 6.54. The van der Waals surface area contributed by atoms with Crippen LogP contribution < -0.4 is 10.1 Å².